The molecular formula is C16H22N2O2S. The number of carbonyl (C=O) groups excluding carboxylic acids is 2. The van der Waals surface area contributed by atoms with E-state index >= 15 is 0 Å². The highest BCUT2D eigenvalue weighted by Gasteiger charge is 2.44. The van der Waals surface area contributed by atoms with Crippen molar-refractivity contribution >= 4 is 23.2 Å². The van der Waals surface area contributed by atoms with Gasteiger partial charge in [0.1, 0.15) is 5.54 Å². The zero-order chi connectivity index (χ0) is 14.9. The average Bonchev–Trinajstić information content (AvgIpc) is 2.84. The summed E-state index contributed by atoms with van der Waals surface area (Å²) in [5.41, 5.74) is 1.80. The Bertz CT molecular complexity index is 546. The number of amides is 2. The van der Waals surface area contributed by atoms with Gasteiger partial charge in [0.05, 0.1) is 0 Å². The van der Waals surface area contributed by atoms with E-state index in [2.05, 4.69) is 23.0 Å². The maximum atomic E-state index is 13.0. The van der Waals surface area contributed by atoms with E-state index in [1.54, 1.807) is 11.3 Å². The lowest BCUT2D eigenvalue weighted by Gasteiger charge is -2.38. The summed E-state index contributed by atoms with van der Waals surface area (Å²) in [5, 5.41) is 7.26. The van der Waals surface area contributed by atoms with Gasteiger partial charge in [0.25, 0.3) is 0 Å². The second-order valence-corrected chi connectivity index (χ2v) is 6.99. The number of rotatable bonds is 2. The fourth-order valence-corrected chi connectivity index (χ4v) is 4.27. The van der Waals surface area contributed by atoms with Crippen molar-refractivity contribution in [3.63, 3.8) is 0 Å². The van der Waals surface area contributed by atoms with E-state index in [1.807, 2.05) is 4.90 Å². The Morgan fingerprint density at radius 1 is 1.24 bits per heavy atom. The molecule has 2 heterocycles. The third kappa shape index (κ3) is 2.84. The van der Waals surface area contributed by atoms with E-state index in [1.165, 1.54) is 11.1 Å². The Balaban J connectivity index is 1.84. The third-order valence-electron chi connectivity index (χ3n) is 4.71. The molecule has 1 saturated carbocycles. The Kier molecular flexibility index (Phi) is 4.02. The van der Waals surface area contributed by atoms with Gasteiger partial charge in [-0.05, 0) is 41.7 Å². The van der Waals surface area contributed by atoms with Crippen LogP contribution in [0, 0.1) is 6.92 Å². The molecule has 3 rings (SSSR count). The normalized spacial score (nSPS) is 22.2. The molecule has 1 N–H and O–H groups in total. The lowest BCUT2D eigenvalue weighted by atomic mass is 9.80. The Labute approximate surface area is 129 Å². The fourth-order valence-electron chi connectivity index (χ4n) is 3.42. The Hall–Kier alpha value is -1.36. The summed E-state index contributed by atoms with van der Waals surface area (Å²) in [6, 6.07) is 0. The lowest BCUT2D eigenvalue weighted by molar-refractivity contribution is -0.140. The number of nitrogens with one attached hydrogen (secondary N) is 1. The fraction of sp³-hybridized carbons (Fsp3) is 0.625. The molecule has 2 aliphatic rings. The van der Waals surface area contributed by atoms with Gasteiger partial charge < -0.3 is 10.2 Å². The number of thiophene rings is 1. The van der Waals surface area contributed by atoms with E-state index in [-0.39, 0.29) is 11.8 Å². The summed E-state index contributed by atoms with van der Waals surface area (Å²) in [4.78, 5) is 26.9. The van der Waals surface area contributed by atoms with Gasteiger partial charge in [-0.1, -0.05) is 19.3 Å². The largest absolute Gasteiger partial charge is 0.342 e. The van der Waals surface area contributed by atoms with Crippen LogP contribution in [0.1, 0.15) is 49.7 Å². The topological polar surface area (TPSA) is 49.4 Å². The lowest BCUT2D eigenvalue weighted by Crippen LogP contribution is -2.57. The van der Waals surface area contributed by atoms with Crippen molar-refractivity contribution < 1.29 is 9.59 Å². The van der Waals surface area contributed by atoms with E-state index in [0.29, 0.717) is 19.5 Å². The zero-order valence-electron chi connectivity index (χ0n) is 12.5. The first-order chi connectivity index (χ1) is 10.1. The molecule has 4 nitrogen and oxygen atoms in total. The second-order valence-electron chi connectivity index (χ2n) is 6.25. The van der Waals surface area contributed by atoms with Crippen LogP contribution in [0.2, 0.25) is 0 Å². The van der Waals surface area contributed by atoms with Gasteiger partial charge in [0, 0.05) is 19.5 Å². The van der Waals surface area contributed by atoms with Crippen LogP contribution in [-0.2, 0) is 16.1 Å². The molecule has 5 heteroatoms. The number of carbonyl (C=O) groups is 2. The summed E-state index contributed by atoms with van der Waals surface area (Å²) < 4.78 is 0. The molecule has 1 aromatic rings. The zero-order valence-corrected chi connectivity index (χ0v) is 13.3. The molecule has 0 aromatic carbocycles. The van der Waals surface area contributed by atoms with E-state index in [9.17, 15) is 9.59 Å². The highest BCUT2D eigenvalue weighted by atomic mass is 32.1. The quantitative estimate of drug-likeness (QED) is 0.913. The van der Waals surface area contributed by atoms with E-state index in [0.717, 1.165) is 32.1 Å². The predicted octanol–water partition coefficient (Wildman–Crippen LogP) is 2.61. The molecule has 0 radical (unpaired) electrons. The van der Waals surface area contributed by atoms with Gasteiger partial charge in [-0.25, -0.2) is 0 Å². The van der Waals surface area contributed by atoms with Crippen LogP contribution >= 0.6 is 11.3 Å². The molecule has 114 valence electrons. The molecule has 0 unspecified atom stereocenters. The van der Waals surface area contributed by atoms with Gasteiger partial charge in [0.2, 0.25) is 11.8 Å². The minimum atomic E-state index is -0.629. The van der Waals surface area contributed by atoms with Crippen molar-refractivity contribution in [1.82, 2.24) is 10.2 Å². The van der Waals surface area contributed by atoms with Crippen molar-refractivity contribution in [1.29, 1.82) is 0 Å². The minimum absolute atomic E-state index is 0.0230. The molecule has 2 fully saturated rings. The third-order valence-corrected chi connectivity index (χ3v) is 5.62. The Morgan fingerprint density at radius 3 is 2.67 bits per heavy atom. The first-order valence-electron chi connectivity index (χ1n) is 7.73. The summed E-state index contributed by atoms with van der Waals surface area (Å²) in [5.74, 6) is 0.147. The first-order valence-corrected chi connectivity index (χ1v) is 8.67. The van der Waals surface area contributed by atoms with Gasteiger partial charge in [-0.2, -0.15) is 11.3 Å². The summed E-state index contributed by atoms with van der Waals surface area (Å²) in [7, 11) is 0. The highest BCUT2D eigenvalue weighted by Crippen LogP contribution is 2.32. The maximum absolute atomic E-state index is 13.0. The smallest absolute Gasteiger partial charge is 0.248 e. The number of hydrogen-bond donors (Lipinski definition) is 1. The predicted molar refractivity (Wildman–Crippen MR) is 83.0 cm³/mol. The van der Waals surface area contributed by atoms with Crippen molar-refractivity contribution in [3.8, 4) is 0 Å². The molecule has 0 bridgehead atoms. The summed E-state index contributed by atoms with van der Waals surface area (Å²) in [6.07, 6.45) is 5.20. The first kappa shape index (κ1) is 14.6. The molecule has 1 spiro atoms. The van der Waals surface area contributed by atoms with Crippen LogP contribution in [0.4, 0.5) is 0 Å². The summed E-state index contributed by atoms with van der Waals surface area (Å²) >= 11 is 1.67. The van der Waals surface area contributed by atoms with Gasteiger partial charge >= 0.3 is 0 Å². The highest BCUT2D eigenvalue weighted by molar-refractivity contribution is 7.08. The van der Waals surface area contributed by atoms with Crippen LogP contribution in [0.3, 0.4) is 0 Å². The molecule has 21 heavy (non-hydrogen) atoms. The van der Waals surface area contributed by atoms with E-state index in [4.69, 9.17) is 0 Å². The number of nitrogens with zero attached hydrogens (tertiary/aromatic N) is 1. The molecule has 0 atom stereocenters. The standard InChI is InChI=1S/C16H22N2O2S/c1-12-10-21-11-13(12)9-18-8-5-14(19)17-16(15(18)20)6-3-2-4-7-16/h10-11H,2-9H2,1H3,(H,17,19). The van der Waals surface area contributed by atoms with Gasteiger partial charge in [-0.15, -0.1) is 0 Å². The molecule has 1 saturated heterocycles. The SMILES string of the molecule is Cc1cscc1CN1CCC(=O)NC2(CCCCC2)C1=O. The second kappa shape index (κ2) is 5.79. The molecule has 2 amide bonds. The molecule has 1 aliphatic heterocycles. The molecule has 1 aliphatic carbocycles. The van der Waals surface area contributed by atoms with Crippen molar-refractivity contribution in [3.05, 3.63) is 21.9 Å². The van der Waals surface area contributed by atoms with Gasteiger partial charge in [0.15, 0.2) is 0 Å². The van der Waals surface area contributed by atoms with Crippen molar-refractivity contribution in [2.24, 2.45) is 0 Å². The molecular weight excluding hydrogens is 284 g/mol. The summed E-state index contributed by atoms with van der Waals surface area (Å²) in [6.45, 7) is 3.24. The average molecular weight is 306 g/mol. The van der Waals surface area contributed by atoms with Crippen LogP contribution in [-0.4, -0.2) is 28.8 Å². The molecule has 1 aromatic heterocycles. The maximum Gasteiger partial charge on any atom is 0.248 e. The monoisotopic (exact) mass is 306 g/mol. The van der Waals surface area contributed by atoms with Crippen LogP contribution in [0.5, 0.6) is 0 Å². The number of hydrogen-bond acceptors (Lipinski definition) is 3. The van der Waals surface area contributed by atoms with Crippen molar-refractivity contribution in [2.45, 2.75) is 57.5 Å². The van der Waals surface area contributed by atoms with Crippen LogP contribution in [0.25, 0.3) is 0 Å². The van der Waals surface area contributed by atoms with Crippen LogP contribution in [0.15, 0.2) is 10.8 Å². The van der Waals surface area contributed by atoms with E-state index < -0.39 is 5.54 Å². The Morgan fingerprint density at radius 2 is 2.00 bits per heavy atom. The van der Waals surface area contributed by atoms with Crippen molar-refractivity contribution in [2.75, 3.05) is 6.54 Å². The number of aryl methyl sites for hydroxylation is 1. The van der Waals surface area contributed by atoms with Crippen LogP contribution < -0.4 is 5.32 Å². The minimum Gasteiger partial charge on any atom is -0.342 e. The van der Waals surface area contributed by atoms with Gasteiger partial charge in [-0.3, -0.25) is 9.59 Å².